The van der Waals surface area contributed by atoms with Crippen LogP contribution in [0, 0.1) is 0 Å². The molecule has 0 aliphatic heterocycles. The van der Waals surface area contributed by atoms with E-state index < -0.39 is 0 Å². The van der Waals surface area contributed by atoms with Crippen LogP contribution in [0.1, 0.15) is 0 Å². The van der Waals surface area contributed by atoms with Crippen molar-refractivity contribution in [3.05, 3.63) is 30.6 Å². The summed E-state index contributed by atoms with van der Waals surface area (Å²) in [4.78, 5) is 0. The molecule has 0 saturated heterocycles. The van der Waals surface area contributed by atoms with Gasteiger partial charge in [0.05, 0.1) is 6.20 Å². The van der Waals surface area contributed by atoms with Crippen LogP contribution in [0.15, 0.2) is 30.6 Å². The van der Waals surface area contributed by atoms with Crippen LogP contribution in [0.2, 0.25) is 0 Å². The first-order chi connectivity index (χ1) is 6.25. The SMILES string of the molecule is Oc1cc(O)cc(-c2cn[nH]c2)c1. The fourth-order valence-corrected chi connectivity index (χ4v) is 1.17. The maximum absolute atomic E-state index is 9.20. The number of nitrogens with one attached hydrogen (secondary N) is 1. The van der Waals surface area contributed by atoms with Crippen LogP contribution in [0.5, 0.6) is 11.5 Å². The van der Waals surface area contributed by atoms with E-state index in [1.807, 2.05) is 0 Å². The number of phenols is 2. The third-order valence-electron chi connectivity index (χ3n) is 1.73. The number of aromatic amines is 1. The Bertz CT molecular complexity index is 389. The number of aromatic hydroxyl groups is 2. The molecule has 0 spiro atoms. The van der Waals surface area contributed by atoms with E-state index in [4.69, 9.17) is 0 Å². The van der Waals surface area contributed by atoms with Crippen molar-refractivity contribution in [2.45, 2.75) is 0 Å². The van der Waals surface area contributed by atoms with Gasteiger partial charge in [-0.05, 0) is 17.7 Å². The van der Waals surface area contributed by atoms with Crippen molar-refractivity contribution >= 4 is 0 Å². The Morgan fingerprint density at radius 3 is 2.23 bits per heavy atom. The van der Waals surface area contributed by atoms with E-state index in [2.05, 4.69) is 10.2 Å². The Hall–Kier alpha value is -1.97. The summed E-state index contributed by atoms with van der Waals surface area (Å²) in [5, 5.41) is 24.8. The molecule has 0 bridgehead atoms. The van der Waals surface area contributed by atoms with Crippen LogP contribution in [0.3, 0.4) is 0 Å². The zero-order valence-corrected chi connectivity index (χ0v) is 6.73. The molecule has 0 aliphatic carbocycles. The summed E-state index contributed by atoms with van der Waals surface area (Å²) in [6, 6.07) is 4.40. The fourth-order valence-electron chi connectivity index (χ4n) is 1.17. The molecule has 0 radical (unpaired) electrons. The lowest BCUT2D eigenvalue weighted by molar-refractivity contribution is 0.451. The quantitative estimate of drug-likeness (QED) is 0.616. The maximum atomic E-state index is 9.20. The molecule has 1 aromatic heterocycles. The summed E-state index contributed by atoms with van der Waals surface area (Å²) in [6.07, 6.45) is 3.31. The van der Waals surface area contributed by atoms with Gasteiger partial charge >= 0.3 is 0 Å². The van der Waals surface area contributed by atoms with Gasteiger partial charge in [-0.15, -0.1) is 0 Å². The van der Waals surface area contributed by atoms with E-state index in [9.17, 15) is 10.2 Å². The van der Waals surface area contributed by atoms with E-state index in [0.29, 0.717) is 0 Å². The minimum absolute atomic E-state index is 0.0381. The van der Waals surface area contributed by atoms with Gasteiger partial charge in [0.25, 0.3) is 0 Å². The number of hydrogen-bond acceptors (Lipinski definition) is 3. The molecular weight excluding hydrogens is 168 g/mol. The Balaban J connectivity index is 2.53. The maximum Gasteiger partial charge on any atom is 0.119 e. The smallest absolute Gasteiger partial charge is 0.119 e. The van der Waals surface area contributed by atoms with E-state index in [1.54, 1.807) is 24.5 Å². The van der Waals surface area contributed by atoms with Crippen molar-refractivity contribution in [1.29, 1.82) is 0 Å². The summed E-state index contributed by atoms with van der Waals surface area (Å²) in [6.45, 7) is 0. The second-order valence-electron chi connectivity index (χ2n) is 2.73. The Kier molecular flexibility index (Phi) is 1.66. The molecule has 4 nitrogen and oxygen atoms in total. The zero-order valence-electron chi connectivity index (χ0n) is 6.73. The van der Waals surface area contributed by atoms with Gasteiger partial charge in [-0.25, -0.2) is 0 Å². The summed E-state index contributed by atoms with van der Waals surface area (Å²) >= 11 is 0. The first kappa shape index (κ1) is 7.67. The minimum Gasteiger partial charge on any atom is -0.508 e. The van der Waals surface area contributed by atoms with Gasteiger partial charge in [-0.3, -0.25) is 5.10 Å². The largest absolute Gasteiger partial charge is 0.508 e. The molecule has 13 heavy (non-hydrogen) atoms. The lowest BCUT2D eigenvalue weighted by Crippen LogP contribution is -1.74. The van der Waals surface area contributed by atoms with Crippen LogP contribution in [0.25, 0.3) is 11.1 Å². The third-order valence-corrected chi connectivity index (χ3v) is 1.73. The van der Waals surface area contributed by atoms with Crippen molar-refractivity contribution in [1.82, 2.24) is 10.2 Å². The normalized spacial score (nSPS) is 10.2. The summed E-state index contributed by atoms with van der Waals surface area (Å²) in [5.74, 6) is 0.0763. The molecule has 0 atom stereocenters. The van der Waals surface area contributed by atoms with Crippen molar-refractivity contribution in [3.8, 4) is 22.6 Å². The van der Waals surface area contributed by atoms with Crippen molar-refractivity contribution in [2.24, 2.45) is 0 Å². The standard InChI is InChI=1S/C9H8N2O2/c12-8-1-6(2-9(13)3-8)7-4-10-11-5-7/h1-5,12-13H,(H,10,11). The van der Waals surface area contributed by atoms with Gasteiger partial charge < -0.3 is 10.2 Å². The fraction of sp³-hybridized carbons (Fsp3) is 0. The second-order valence-corrected chi connectivity index (χ2v) is 2.73. The molecule has 0 aliphatic rings. The predicted molar refractivity (Wildman–Crippen MR) is 47.4 cm³/mol. The number of rotatable bonds is 1. The Labute approximate surface area is 74.5 Å². The van der Waals surface area contributed by atoms with Crippen LogP contribution in [0.4, 0.5) is 0 Å². The number of benzene rings is 1. The number of phenolic OH excluding ortho intramolecular Hbond substituents is 2. The summed E-state index contributed by atoms with van der Waals surface area (Å²) in [5.41, 5.74) is 1.55. The number of hydrogen-bond donors (Lipinski definition) is 3. The highest BCUT2D eigenvalue weighted by molar-refractivity contribution is 5.65. The number of aromatic nitrogens is 2. The van der Waals surface area contributed by atoms with Crippen molar-refractivity contribution in [2.75, 3.05) is 0 Å². The summed E-state index contributed by atoms with van der Waals surface area (Å²) in [7, 11) is 0. The van der Waals surface area contributed by atoms with Crippen LogP contribution in [-0.4, -0.2) is 20.4 Å². The highest BCUT2D eigenvalue weighted by Crippen LogP contribution is 2.27. The van der Waals surface area contributed by atoms with Gasteiger partial charge in [0, 0.05) is 17.8 Å². The van der Waals surface area contributed by atoms with Gasteiger partial charge in [-0.1, -0.05) is 0 Å². The molecule has 0 amide bonds. The van der Waals surface area contributed by atoms with Crippen LogP contribution in [-0.2, 0) is 0 Å². The predicted octanol–water partition coefficient (Wildman–Crippen LogP) is 1.49. The van der Waals surface area contributed by atoms with E-state index in [0.717, 1.165) is 11.1 Å². The highest BCUT2D eigenvalue weighted by Gasteiger charge is 2.02. The van der Waals surface area contributed by atoms with Crippen LogP contribution < -0.4 is 0 Å². The molecule has 2 aromatic rings. The molecule has 4 heteroatoms. The molecule has 2 rings (SSSR count). The van der Waals surface area contributed by atoms with E-state index in [-0.39, 0.29) is 11.5 Å². The Morgan fingerprint density at radius 2 is 1.69 bits per heavy atom. The lowest BCUT2D eigenvalue weighted by atomic mass is 10.1. The lowest BCUT2D eigenvalue weighted by Gasteiger charge is -1.99. The van der Waals surface area contributed by atoms with Gasteiger partial charge in [0.1, 0.15) is 11.5 Å². The van der Waals surface area contributed by atoms with E-state index in [1.165, 1.54) is 6.07 Å². The molecule has 3 N–H and O–H groups in total. The number of H-pyrrole nitrogens is 1. The molecule has 1 aromatic carbocycles. The van der Waals surface area contributed by atoms with Gasteiger partial charge in [0.15, 0.2) is 0 Å². The number of nitrogens with zero attached hydrogens (tertiary/aromatic N) is 1. The molecular formula is C9H8N2O2. The highest BCUT2D eigenvalue weighted by atomic mass is 16.3. The molecule has 0 fully saturated rings. The van der Waals surface area contributed by atoms with Crippen molar-refractivity contribution < 1.29 is 10.2 Å². The van der Waals surface area contributed by atoms with Gasteiger partial charge in [-0.2, -0.15) is 5.10 Å². The first-order valence-electron chi connectivity index (χ1n) is 3.78. The van der Waals surface area contributed by atoms with Crippen LogP contribution >= 0.6 is 0 Å². The van der Waals surface area contributed by atoms with E-state index >= 15 is 0 Å². The van der Waals surface area contributed by atoms with Crippen molar-refractivity contribution in [3.63, 3.8) is 0 Å². The molecule has 0 saturated carbocycles. The molecule has 66 valence electrons. The summed E-state index contributed by atoms with van der Waals surface area (Å²) < 4.78 is 0. The average molecular weight is 176 g/mol. The zero-order chi connectivity index (χ0) is 9.26. The third kappa shape index (κ3) is 1.46. The monoisotopic (exact) mass is 176 g/mol. The topological polar surface area (TPSA) is 69.1 Å². The average Bonchev–Trinajstić information content (AvgIpc) is 2.53. The minimum atomic E-state index is 0.0381. The Morgan fingerprint density at radius 1 is 1.00 bits per heavy atom. The molecule has 1 heterocycles. The second kappa shape index (κ2) is 2.82. The first-order valence-corrected chi connectivity index (χ1v) is 3.78. The van der Waals surface area contributed by atoms with Gasteiger partial charge in [0.2, 0.25) is 0 Å². The molecule has 0 unspecified atom stereocenters.